The SMILES string of the molecule is O=S(O)OCC(O)CCl. The van der Waals surface area contributed by atoms with Crippen LogP contribution in [0.3, 0.4) is 0 Å². The number of aliphatic hydroxyl groups excluding tert-OH is 1. The number of halogens is 1. The van der Waals surface area contributed by atoms with Crippen molar-refractivity contribution in [2.75, 3.05) is 12.5 Å². The van der Waals surface area contributed by atoms with Crippen molar-refractivity contribution in [3.05, 3.63) is 0 Å². The van der Waals surface area contributed by atoms with E-state index in [1.165, 1.54) is 0 Å². The molecular formula is C3H7ClO4S. The van der Waals surface area contributed by atoms with Gasteiger partial charge >= 0.3 is 11.4 Å². The Bertz CT molecular complexity index is 97.8. The van der Waals surface area contributed by atoms with Crippen molar-refractivity contribution in [3.63, 3.8) is 0 Å². The number of rotatable bonds is 4. The summed E-state index contributed by atoms with van der Waals surface area (Å²) in [5.74, 6) is -0.00278. The molecule has 0 bridgehead atoms. The fourth-order valence-electron chi connectivity index (χ4n) is 0.181. The molecular weight excluding hydrogens is 168 g/mol. The maximum atomic E-state index is 9.75. The van der Waals surface area contributed by atoms with Gasteiger partial charge in [-0.15, -0.1) is 11.6 Å². The molecule has 9 heavy (non-hydrogen) atoms. The third-order valence-corrected chi connectivity index (χ3v) is 1.23. The first-order valence-corrected chi connectivity index (χ1v) is 3.71. The highest BCUT2D eigenvalue weighted by Crippen LogP contribution is 1.89. The van der Waals surface area contributed by atoms with Gasteiger partial charge in [0.25, 0.3) is 0 Å². The molecule has 2 atom stereocenters. The minimum absolute atomic E-state index is 0.00278. The molecule has 0 aliphatic rings. The monoisotopic (exact) mass is 174 g/mol. The van der Waals surface area contributed by atoms with Crippen LogP contribution in [0, 0.1) is 0 Å². The summed E-state index contributed by atoms with van der Waals surface area (Å²) in [6.07, 6.45) is -0.872. The lowest BCUT2D eigenvalue weighted by Crippen LogP contribution is -2.17. The lowest BCUT2D eigenvalue weighted by Gasteiger charge is -2.02. The molecule has 0 heterocycles. The van der Waals surface area contributed by atoms with E-state index in [1.54, 1.807) is 0 Å². The highest BCUT2D eigenvalue weighted by molar-refractivity contribution is 7.74. The van der Waals surface area contributed by atoms with Crippen molar-refractivity contribution in [2.24, 2.45) is 0 Å². The molecule has 0 fully saturated rings. The molecule has 0 aromatic heterocycles. The average molecular weight is 175 g/mol. The van der Waals surface area contributed by atoms with Gasteiger partial charge in [-0.25, -0.2) is 0 Å². The van der Waals surface area contributed by atoms with E-state index in [1.807, 2.05) is 0 Å². The van der Waals surface area contributed by atoms with Crippen molar-refractivity contribution in [1.29, 1.82) is 0 Å². The molecule has 6 heteroatoms. The molecule has 0 aromatic rings. The van der Waals surface area contributed by atoms with Crippen molar-refractivity contribution >= 4 is 23.0 Å². The first-order valence-electron chi connectivity index (χ1n) is 2.15. The number of aliphatic hydroxyl groups is 1. The Morgan fingerprint density at radius 1 is 1.78 bits per heavy atom. The Labute approximate surface area is 60.3 Å². The van der Waals surface area contributed by atoms with E-state index in [2.05, 4.69) is 4.18 Å². The van der Waals surface area contributed by atoms with Crippen LogP contribution in [0.2, 0.25) is 0 Å². The van der Waals surface area contributed by atoms with Crippen LogP contribution in [-0.2, 0) is 15.5 Å². The predicted molar refractivity (Wildman–Crippen MR) is 33.5 cm³/mol. The van der Waals surface area contributed by atoms with E-state index in [0.717, 1.165) is 0 Å². The van der Waals surface area contributed by atoms with Gasteiger partial charge in [-0.1, -0.05) is 0 Å². The average Bonchev–Trinajstić information content (AvgIpc) is 1.83. The molecule has 0 saturated heterocycles. The van der Waals surface area contributed by atoms with E-state index in [4.69, 9.17) is 21.3 Å². The van der Waals surface area contributed by atoms with E-state index in [-0.39, 0.29) is 12.5 Å². The van der Waals surface area contributed by atoms with Gasteiger partial charge in [-0.2, -0.15) is 4.21 Å². The summed E-state index contributed by atoms with van der Waals surface area (Å²) in [4.78, 5) is 0. The topological polar surface area (TPSA) is 66.8 Å². The summed E-state index contributed by atoms with van der Waals surface area (Å²) in [5, 5.41) is 8.60. The number of alkyl halides is 1. The summed E-state index contributed by atoms with van der Waals surface area (Å²) in [5.41, 5.74) is 0. The molecule has 0 radical (unpaired) electrons. The Morgan fingerprint density at radius 3 is 2.67 bits per heavy atom. The van der Waals surface area contributed by atoms with Gasteiger partial charge in [0.15, 0.2) is 0 Å². The van der Waals surface area contributed by atoms with E-state index in [0.29, 0.717) is 0 Å². The smallest absolute Gasteiger partial charge is 0.301 e. The zero-order valence-corrected chi connectivity index (χ0v) is 6.06. The van der Waals surface area contributed by atoms with Gasteiger partial charge in [-0.3, -0.25) is 8.74 Å². The van der Waals surface area contributed by atoms with Crippen molar-refractivity contribution < 1.29 is 18.1 Å². The Balaban J connectivity index is 3.16. The molecule has 0 saturated carbocycles. The van der Waals surface area contributed by atoms with Gasteiger partial charge in [0.1, 0.15) is 0 Å². The van der Waals surface area contributed by atoms with Crippen molar-refractivity contribution in [1.82, 2.24) is 0 Å². The third-order valence-electron chi connectivity index (χ3n) is 0.539. The second-order valence-electron chi connectivity index (χ2n) is 1.31. The maximum absolute atomic E-state index is 9.75. The highest BCUT2D eigenvalue weighted by atomic mass is 35.5. The van der Waals surface area contributed by atoms with Crippen LogP contribution in [0.1, 0.15) is 0 Å². The summed E-state index contributed by atoms with van der Waals surface area (Å²) in [6.45, 7) is -0.216. The standard InChI is InChI=1S/C3H7ClO4S/c4-1-3(5)2-8-9(6)7/h3,5H,1-2H2,(H,6,7). The van der Waals surface area contributed by atoms with Gasteiger partial charge in [0.05, 0.1) is 18.6 Å². The van der Waals surface area contributed by atoms with Crippen LogP contribution in [0.4, 0.5) is 0 Å². The lowest BCUT2D eigenvalue weighted by atomic mass is 10.4. The molecule has 0 amide bonds. The summed E-state index contributed by atoms with van der Waals surface area (Å²) < 4.78 is 21.8. The molecule has 0 rings (SSSR count). The molecule has 0 spiro atoms. The third kappa shape index (κ3) is 6.20. The molecule has 4 nitrogen and oxygen atoms in total. The first kappa shape index (κ1) is 9.32. The number of hydrogen-bond acceptors (Lipinski definition) is 3. The Hall–Kier alpha value is 0.320. The van der Waals surface area contributed by atoms with E-state index in [9.17, 15) is 4.21 Å². The van der Waals surface area contributed by atoms with Gasteiger partial charge in [-0.05, 0) is 0 Å². The van der Waals surface area contributed by atoms with Crippen LogP contribution in [0.25, 0.3) is 0 Å². The Morgan fingerprint density at radius 2 is 2.33 bits per heavy atom. The minimum atomic E-state index is -2.31. The van der Waals surface area contributed by atoms with Crippen LogP contribution in [0.15, 0.2) is 0 Å². The van der Waals surface area contributed by atoms with Crippen LogP contribution >= 0.6 is 11.6 Å². The quantitative estimate of drug-likeness (QED) is 0.455. The summed E-state index contributed by atoms with van der Waals surface area (Å²) in [6, 6.07) is 0. The van der Waals surface area contributed by atoms with Crippen molar-refractivity contribution in [3.8, 4) is 0 Å². The second-order valence-corrected chi connectivity index (χ2v) is 2.29. The predicted octanol–water partition coefficient (Wildman–Crippen LogP) is -0.261. The lowest BCUT2D eigenvalue weighted by molar-refractivity contribution is 0.127. The van der Waals surface area contributed by atoms with E-state index >= 15 is 0 Å². The zero-order valence-electron chi connectivity index (χ0n) is 4.49. The molecule has 56 valence electrons. The van der Waals surface area contributed by atoms with Crippen LogP contribution in [-0.4, -0.2) is 32.5 Å². The Kier molecular flexibility index (Phi) is 5.31. The molecule has 2 N–H and O–H groups in total. The molecule has 0 aromatic carbocycles. The van der Waals surface area contributed by atoms with E-state index < -0.39 is 17.5 Å². The van der Waals surface area contributed by atoms with Gasteiger partial charge in [0.2, 0.25) is 0 Å². The fraction of sp³-hybridized carbons (Fsp3) is 1.00. The summed E-state index contributed by atoms with van der Waals surface area (Å²) in [7, 11) is 0. The molecule has 0 aliphatic heterocycles. The molecule has 0 aliphatic carbocycles. The van der Waals surface area contributed by atoms with Crippen LogP contribution < -0.4 is 0 Å². The van der Waals surface area contributed by atoms with Gasteiger partial charge < -0.3 is 5.11 Å². The zero-order chi connectivity index (χ0) is 7.28. The fourth-order valence-corrected chi connectivity index (χ4v) is 0.544. The normalized spacial score (nSPS) is 17.2. The van der Waals surface area contributed by atoms with Gasteiger partial charge in [0, 0.05) is 0 Å². The maximum Gasteiger partial charge on any atom is 0.301 e. The van der Waals surface area contributed by atoms with Crippen LogP contribution in [0.5, 0.6) is 0 Å². The van der Waals surface area contributed by atoms with Crippen molar-refractivity contribution in [2.45, 2.75) is 6.10 Å². The minimum Gasteiger partial charge on any atom is -0.389 e. The first-order chi connectivity index (χ1) is 4.16. The highest BCUT2D eigenvalue weighted by Gasteiger charge is 2.02. The molecule has 2 unspecified atom stereocenters. The summed E-state index contributed by atoms with van der Waals surface area (Å²) >= 11 is 2.82. The largest absolute Gasteiger partial charge is 0.389 e. The second kappa shape index (κ2) is 5.13. The number of hydrogen-bond donors (Lipinski definition) is 2.